The number of halogens is 1. The number of fused-ring (bicyclic) bond motifs is 1. The van der Waals surface area contributed by atoms with Gasteiger partial charge in [-0.05, 0) is 18.1 Å². The molecular weight excluding hydrogens is 374 g/mol. The van der Waals surface area contributed by atoms with Crippen LogP contribution in [0.5, 0.6) is 0 Å². The normalized spacial score (nSPS) is 29.3. The Labute approximate surface area is 159 Å². The average molecular weight is 402 g/mol. The highest BCUT2D eigenvalue weighted by atomic mass is 35.5. The molecule has 1 fully saturated rings. The van der Waals surface area contributed by atoms with E-state index >= 15 is 0 Å². The van der Waals surface area contributed by atoms with Crippen LogP contribution in [0.2, 0.25) is 18.1 Å². The Kier molecular flexibility index (Phi) is 5.13. The average Bonchev–Trinajstić information content (AvgIpc) is 3.07. The summed E-state index contributed by atoms with van der Waals surface area (Å²) in [6.45, 7) is 11.3. The summed E-state index contributed by atoms with van der Waals surface area (Å²) in [4.78, 5) is 8.59. The van der Waals surface area contributed by atoms with E-state index in [0.29, 0.717) is 24.5 Å². The Morgan fingerprint density at radius 3 is 2.85 bits per heavy atom. The molecule has 2 aliphatic heterocycles. The maximum atomic E-state index is 10.4. The molecule has 26 heavy (non-hydrogen) atoms. The molecule has 4 N–H and O–H groups in total. The van der Waals surface area contributed by atoms with Crippen molar-refractivity contribution in [3.63, 3.8) is 0 Å². The van der Waals surface area contributed by atoms with E-state index in [2.05, 4.69) is 49.2 Å². The molecule has 0 bridgehead atoms. The third-order valence-corrected chi connectivity index (χ3v) is 10.3. The van der Waals surface area contributed by atoms with Crippen molar-refractivity contribution in [2.45, 2.75) is 69.3 Å². The summed E-state index contributed by atoms with van der Waals surface area (Å²) >= 11 is 6.21. The summed E-state index contributed by atoms with van der Waals surface area (Å²) in [5, 5.41) is 13.4. The number of nitrogens with two attached hydrogens (primary N) is 1. The number of nitrogens with one attached hydrogen (secondary N) is 1. The third kappa shape index (κ3) is 3.63. The maximum absolute atomic E-state index is 10.4. The lowest BCUT2D eigenvalue weighted by molar-refractivity contribution is -0.0411. The Hall–Kier alpha value is -1.13. The second kappa shape index (κ2) is 6.79. The van der Waals surface area contributed by atoms with E-state index in [1.54, 1.807) is 10.9 Å². The zero-order chi connectivity index (χ0) is 19.3. The minimum atomic E-state index is -1.91. The Morgan fingerprint density at radius 2 is 2.19 bits per heavy atom. The number of alkyl halides is 1. The van der Waals surface area contributed by atoms with Gasteiger partial charge in [-0.25, -0.2) is 4.98 Å². The smallest absolute Gasteiger partial charge is 0.196 e. The molecule has 3 heterocycles. The van der Waals surface area contributed by atoms with Crippen LogP contribution in [0.4, 0.5) is 5.82 Å². The van der Waals surface area contributed by atoms with Crippen LogP contribution in [0.15, 0.2) is 11.3 Å². The summed E-state index contributed by atoms with van der Waals surface area (Å²) in [6, 6.07) is 0. The Bertz CT molecular complexity index is 703. The topological polar surface area (TPSA) is 107 Å². The van der Waals surface area contributed by atoms with Gasteiger partial charge in [0.1, 0.15) is 18.0 Å². The number of nitrogens with zero attached hydrogens (tertiary/aromatic N) is 3. The van der Waals surface area contributed by atoms with Crippen molar-refractivity contribution in [2.24, 2.45) is 10.7 Å². The zero-order valence-corrected chi connectivity index (χ0v) is 17.6. The first-order chi connectivity index (χ1) is 12.0. The van der Waals surface area contributed by atoms with Gasteiger partial charge in [0, 0.05) is 6.42 Å². The lowest BCUT2D eigenvalue weighted by Gasteiger charge is -2.37. The molecule has 10 heteroatoms. The summed E-state index contributed by atoms with van der Waals surface area (Å²) in [5.74, 6) is 0.792. The molecule has 8 nitrogen and oxygen atoms in total. The van der Waals surface area contributed by atoms with Crippen LogP contribution in [0.1, 0.15) is 44.6 Å². The number of ether oxygens (including phenoxy) is 1. The number of imidazole rings is 1. The Balaban J connectivity index is 1.71. The molecule has 1 saturated heterocycles. The van der Waals surface area contributed by atoms with E-state index in [0.717, 1.165) is 0 Å². The van der Waals surface area contributed by atoms with Gasteiger partial charge in [0.25, 0.3) is 0 Å². The molecule has 0 radical (unpaired) electrons. The molecule has 0 amide bonds. The number of aliphatic imine (C=N–C) groups is 1. The van der Waals surface area contributed by atoms with Crippen molar-refractivity contribution in [1.29, 1.82) is 0 Å². The number of aliphatic hydroxyl groups excluding tert-OH is 1. The molecule has 3 rings (SSSR count). The summed E-state index contributed by atoms with van der Waals surface area (Å²) < 4.78 is 14.0. The summed E-state index contributed by atoms with van der Waals surface area (Å²) in [5.41, 5.74) is 5.83. The van der Waals surface area contributed by atoms with Gasteiger partial charge in [0.2, 0.25) is 0 Å². The predicted molar refractivity (Wildman–Crippen MR) is 103 cm³/mol. The molecule has 1 aromatic heterocycles. The fraction of sp³-hybridized carbons (Fsp3) is 0.750. The first-order valence-electron chi connectivity index (χ1n) is 8.78. The molecule has 0 aliphatic carbocycles. The first-order valence-corrected chi connectivity index (χ1v) is 12.1. The van der Waals surface area contributed by atoms with Crippen molar-refractivity contribution < 1.29 is 14.3 Å². The highest BCUT2D eigenvalue weighted by molar-refractivity contribution is 6.74. The fourth-order valence-corrected chi connectivity index (χ4v) is 4.04. The monoisotopic (exact) mass is 401 g/mol. The van der Waals surface area contributed by atoms with Gasteiger partial charge in [-0.3, -0.25) is 4.57 Å². The second-order valence-corrected chi connectivity index (χ2v) is 13.6. The van der Waals surface area contributed by atoms with Gasteiger partial charge in [0.05, 0.1) is 19.0 Å². The largest absolute Gasteiger partial charge is 0.414 e. The molecule has 0 saturated carbocycles. The van der Waals surface area contributed by atoms with Crippen LogP contribution in [-0.2, 0) is 9.16 Å². The summed E-state index contributed by atoms with van der Waals surface area (Å²) in [7, 11) is -1.91. The molecule has 1 aromatic rings. The van der Waals surface area contributed by atoms with Crippen molar-refractivity contribution in [3.8, 4) is 0 Å². The number of aliphatic hydroxyl groups is 1. The van der Waals surface area contributed by atoms with Gasteiger partial charge in [-0.2, -0.15) is 4.99 Å². The second-order valence-electron chi connectivity index (χ2n) is 8.37. The van der Waals surface area contributed by atoms with E-state index in [-0.39, 0.29) is 23.3 Å². The van der Waals surface area contributed by atoms with E-state index in [9.17, 15) is 5.11 Å². The standard InChI is InChI=1S/C16H28ClN5O3Si/c1-16(2,3)26(4,5)24-7-10-9(23)6-11(25-10)22-8-19-12-13(17)20-15(18)21-14(12)22/h8-11,13,23H,6-7H2,1-5H3,(H3,18,20,21). The third-order valence-electron chi connectivity index (χ3n) is 5.46. The van der Waals surface area contributed by atoms with E-state index < -0.39 is 19.9 Å². The van der Waals surface area contributed by atoms with Crippen LogP contribution in [0, 0.1) is 0 Å². The van der Waals surface area contributed by atoms with Crippen LogP contribution in [0.3, 0.4) is 0 Å². The van der Waals surface area contributed by atoms with Crippen molar-refractivity contribution in [2.75, 3.05) is 6.61 Å². The quantitative estimate of drug-likeness (QED) is 0.406. The molecule has 2 aliphatic rings. The van der Waals surface area contributed by atoms with E-state index in [1.165, 1.54) is 0 Å². The van der Waals surface area contributed by atoms with Crippen molar-refractivity contribution >= 4 is 31.7 Å². The molecule has 0 spiro atoms. The van der Waals surface area contributed by atoms with Gasteiger partial charge in [-0.1, -0.05) is 32.4 Å². The number of aromatic nitrogens is 2. The lowest BCUT2D eigenvalue weighted by Crippen LogP contribution is -2.43. The van der Waals surface area contributed by atoms with Gasteiger partial charge in [0.15, 0.2) is 25.6 Å². The van der Waals surface area contributed by atoms with Gasteiger partial charge in [-0.15, -0.1) is 0 Å². The number of hydrogen-bond donors (Lipinski definition) is 3. The minimum absolute atomic E-state index is 0.105. The van der Waals surface area contributed by atoms with E-state index in [1.807, 2.05) is 0 Å². The van der Waals surface area contributed by atoms with E-state index in [4.69, 9.17) is 26.5 Å². The molecule has 0 aromatic carbocycles. The van der Waals surface area contributed by atoms with Crippen molar-refractivity contribution in [3.05, 3.63) is 12.0 Å². The molecule has 146 valence electrons. The summed E-state index contributed by atoms with van der Waals surface area (Å²) in [6.07, 6.45) is 0.676. The number of hydrogen-bond acceptors (Lipinski definition) is 7. The lowest BCUT2D eigenvalue weighted by atomic mass is 10.2. The van der Waals surface area contributed by atoms with Crippen molar-refractivity contribution in [1.82, 2.24) is 14.9 Å². The van der Waals surface area contributed by atoms with Gasteiger partial charge < -0.3 is 25.3 Å². The highest BCUT2D eigenvalue weighted by Crippen LogP contribution is 2.39. The SMILES string of the molecule is CC(C)(C)[Si](C)(C)OCC1OC(n2cnc3c2N=C(N)NC3Cl)CC1O. The predicted octanol–water partition coefficient (Wildman–Crippen LogP) is 2.34. The first kappa shape index (κ1) is 19.6. The van der Waals surface area contributed by atoms with Crippen LogP contribution < -0.4 is 11.1 Å². The van der Waals surface area contributed by atoms with Gasteiger partial charge >= 0.3 is 0 Å². The number of guanidine groups is 1. The fourth-order valence-electron chi connectivity index (χ4n) is 2.76. The molecule has 4 unspecified atom stereocenters. The van der Waals surface area contributed by atoms with Crippen LogP contribution in [-0.4, -0.2) is 47.7 Å². The zero-order valence-electron chi connectivity index (χ0n) is 15.9. The van der Waals surface area contributed by atoms with Crippen LogP contribution in [0.25, 0.3) is 0 Å². The Morgan fingerprint density at radius 1 is 1.50 bits per heavy atom. The van der Waals surface area contributed by atoms with Crippen LogP contribution >= 0.6 is 11.6 Å². The highest BCUT2D eigenvalue weighted by Gasteiger charge is 2.41. The molecular formula is C16H28ClN5O3Si. The minimum Gasteiger partial charge on any atom is -0.414 e. The number of rotatable bonds is 4. The molecule has 4 atom stereocenters. The maximum Gasteiger partial charge on any atom is 0.196 e.